The maximum Gasteiger partial charge on any atom is 0.337 e. The van der Waals surface area contributed by atoms with Crippen molar-refractivity contribution in [3.63, 3.8) is 0 Å². The predicted molar refractivity (Wildman–Crippen MR) is 61.9 cm³/mol. The average Bonchev–Trinajstić information content (AvgIpc) is 2.73. The van der Waals surface area contributed by atoms with Gasteiger partial charge >= 0.3 is 5.97 Å². The zero-order valence-corrected chi connectivity index (χ0v) is 8.42. The number of rotatable bonds is 1. The quantitative estimate of drug-likeness (QED) is 0.672. The standard InChI is InChI=1S/C13H9NO2/c15-13(16)10-7-12-11-4-2-1-3-9(11)5-6-14(12)8-10/h1-8H,(H,15,16). The van der Waals surface area contributed by atoms with Gasteiger partial charge in [0, 0.05) is 17.8 Å². The summed E-state index contributed by atoms with van der Waals surface area (Å²) in [7, 11) is 0. The van der Waals surface area contributed by atoms with E-state index in [1.807, 2.05) is 40.9 Å². The van der Waals surface area contributed by atoms with Crippen LogP contribution >= 0.6 is 0 Å². The van der Waals surface area contributed by atoms with Crippen LogP contribution < -0.4 is 0 Å². The molecule has 0 atom stereocenters. The molecule has 0 spiro atoms. The summed E-state index contributed by atoms with van der Waals surface area (Å²) in [6.45, 7) is 0. The third-order valence-corrected chi connectivity index (χ3v) is 2.75. The second kappa shape index (κ2) is 3.10. The fourth-order valence-electron chi connectivity index (χ4n) is 1.97. The molecule has 3 aromatic rings. The van der Waals surface area contributed by atoms with Gasteiger partial charge in [-0.1, -0.05) is 24.3 Å². The van der Waals surface area contributed by atoms with E-state index in [1.165, 1.54) is 0 Å². The first-order chi connectivity index (χ1) is 7.75. The summed E-state index contributed by atoms with van der Waals surface area (Å²) in [5.41, 5.74) is 1.24. The Labute approximate surface area is 91.6 Å². The van der Waals surface area contributed by atoms with E-state index in [0.717, 1.165) is 16.3 Å². The highest BCUT2D eigenvalue weighted by Gasteiger charge is 2.08. The van der Waals surface area contributed by atoms with Gasteiger partial charge in [-0.15, -0.1) is 0 Å². The maximum absolute atomic E-state index is 10.9. The molecule has 2 aromatic heterocycles. The van der Waals surface area contributed by atoms with E-state index in [9.17, 15) is 4.79 Å². The molecule has 0 saturated carbocycles. The van der Waals surface area contributed by atoms with Crippen molar-refractivity contribution in [2.75, 3.05) is 0 Å². The lowest BCUT2D eigenvalue weighted by molar-refractivity contribution is 0.0697. The molecule has 0 amide bonds. The first kappa shape index (κ1) is 8.97. The van der Waals surface area contributed by atoms with Gasteiger partial charge < -0.3 is 9.51 Å². The topological polar surface area (TPSA) is 41.7 Å². The van der Waals surface area contributed by atoms with Crippen LogP contribution in [0.15, 0.2) is 48.8 Å². The Bertz CT molecular complexity index is 697. The molecule has 3 nitrogen and oxygen atoms in total. The Morgan fingerprint density at radius 1 is 1.19 bits per heavy atom. The average molecular weight is 211 g/mol. The molecule has 0 aliphatic rings. The van der Waals surface area contributed by atoms with Crippen molar-refractivity contribution < 1.29 is 9.90 Å². The predicted octanol–water partition coefficient (Wildman–Crippen LogP) is 2.79. The van der Waals surface area contributed by atoms with Crippen LogP contribution in [-0.4, -0.2) is 15.5 Å². The molecular weight excluding hydrogens is 202 g/mol. The second-order valence-electron chi connectivity index (χ2n) is 3.73. The number of aromatic nitrogens is 1. The highest BCUT2D eigenvalue weighted by molar-refractivity contribution is 5.99. The number of aromatic carboxylic acids is 1. The number of hydrogen-bond acceptors (Lipinski definition) is 1. The van der Waals surface area contributed by atoms with Crippen LogP contribution in [0.25, 0.3) is 16.3 Å². The van der Waals surface area contributed by atoms with E-state index in [0.29, 0.717) is 5.56 Å². The van der Waals surface area contributed by atoms with Crippen LogP contribution in [0.5, 0.6) is 0 Å². The number of benzene rings is 1. The van der Waals surface area contributed by atoms with Crippen molar-refractivity contribution >= 4 is 22.3 Å². The first-order valence-corrected chi connectivity index (χ1v) is 4.98. The minimum Gasteiger partial charge on any atom is -0.478 e. The monoisotopic (exact) mass is 211 g/mol. The lowest BCUT2D eigenvalue weighted by Crippen LogP contribution is -1.91. The summed E-state index contributed by atoms with van der Waals surface area (Å²) in [6.07, 6.45) is 3.51. The van der Waals surface area contributed by atoms with Crippen molar-refractivity contribution in [1.29, 1.82) is 0 Å². The summed E-state index contributed by atoms with van der Waals surface area (Å²) in [6, 6.07) is 11.6. The van der Waals surface area contributed by atoms with E-state index in [4.69, 9.17) is 5.11 Å². The molecule has 78 valence electrons. The third-order valence-electron chi connectivity index (χ3n) is 2.75. The van der Waals surface area contributed by atoms with Crippen molar-refractivity contribution in [3.05, 3.63) is 54.4 Å². The van der Waals surface area contributed by atoms with E-state index < -0.39 is 5.97 Å². The minimum atomic E-state index is -0.896. The molecule has 1 N–H and O–H groups in total. The zero-order valence-electron chi connectivity index (χ0n) is 8.42. The van der Waals surface area contributed by atoms with Gasteiger partial charge in [0.2, 0.25) is 0 Å². The number of hydrogen-bond donors (Lipinski definition) is 1. The van der Waals surface area contributed by atoms with Gasteiger partial charge in [-0.25, -0.2) is 4.79 Å². The van der Waals surface area contributed by atoms with Gasteiger partial charge in [-0.2, -0.15) is 0 Å². The highest BCUT2D eigenvalue weighted by atomic mass is 16.4. The highest BCUT2D eigenvalue weighted by Crippen LogP contribution is 2.21. The van der Waals surface area contributed by atoms with Crippen LogP contribution in [0, 0.1) is 0 Å². The van der Waals surface area contributed by atoms with E-state index >= 15 is 0 Å². The summed E-state index contributed by atoms with van der Waals surface area (Å²) >= 11 is 0. The van der Waals surface area contributed by atoms with Gasteiger partial charge in [0.1, 0.15) is 0 Å². The van der Waals surface area contributed by atoms with E-state index in [2.05, 4.69) is 0 Å². The number of carboxylic acids is 1. The Kier molecular flexibility index (Phi) is 1.74. The number of carbonyl (C=O) groups is 1. The number of fused-ring (bicyclic) bond motifs is 3. The van der Waals surface area contributed by atoms with Gasteiger partial charge in [0.05, 0.1) is 11.1 Å². The number of pyridine rings is 1. The van der Waals surface area contributed by atoms with E-state index in [-0.39, 0.29) is 0 Å². The smallest absolute Gasteiger partial charge is 0.337 e. The van der Waals surface area contributed by atoms with Crippen molar-refractivity contribution in [2.45, 2.75) is 0 Å². The van der Waals surface area contributed by atoms with Crippen molar-refractivity contribution in [3.8, 4) is 0 Å². The number of nitrogens with zero attached hydrogens (tertiary/aromatic N) is 1. The van der Waals surface area contributed by atoms with Crippen LogP contribution in [0.3, 0.4) is 0 Å². The Balaban J connectivity index is 2.46. The molecule has 0 aliphatic carbocycles. The molecule has 0 saturated heterocycles. The molecule has 3 rings (SSSR count). The minimum absolute atomic E-state index is 0.316. The summed E-state index contributed by atoms with van der Waals surface area (Å²) in [4.78, 5) is 10.9. The zero-order chi connectivity index (χ0) is 11.1. The van der Waals surface area contributed by atoms with Gasteiger partial charge in [-0.3, -0.25) is 0 Å². The Hall–Kier alpha value is -2.29. The maximum atomic E-state index is 10.9. The number of carboxylic acid groups (broad SMARTS) is 1. The second-order valence-corrected chi connectivity index (χ2v) is 3.73. The fourth-order valence-corrected chi connectivity index (χ4v) is 1.97. The van der Waals surface area contributed by atoms with Crippen LogP contribution in [-0.2, 0) is 0 Å². The SMILES string of the molecule is O=C(O)c1cc2c3ccccc3ccn2c1. The summed E-state index contributed by atoms with van der Waals surface area (Å²) in [5, 5.41) is 11.1. The molecule has 0 unspecified atom stereocenters. The normalized spacial score (nSPS) is 11.0. The summed E-state index contributed by atoms with van der Waals surface area (Å²) < 4.78 is 1.84. The third kappa shape index (κ3) is 1.18. The lowest BCUT2D eigenvalue weighted by atomic mass is 10.1. The Morgan fingerprint density at radius 2 is 2.00 bits per heavy atom. The molecule has 0 radical (unpaired) electrons. The largest absolute Gasteiger partial charge is 0.478 e. The van der Waals surface area contributed by atoms with Gasteiger partial charge in [-0.05, 0) is 17.5 Å². The molecule has 16 heavy (non-hydrogen) atoms. The van der Waals surface area contributed by atoms with Crippen molar-refractivity contribution in [1.82, 2.24) is 4.40 Å². The molecule has 2 heterocycles. The molecule has 0 aliphatic heterocycles. The Morgan fingerprint density at radius 3 is 2.81 bits per heavy atom. The molecule has 0 fully saturated rings. The van der Waals surface area contributed by atoms with E-state index in [1.54, 1.807) is 12.3 Å². The van der Waals surface area contributed by atoms with Gasteiger partial charge in [0.15, 0.2) is 0 Å². The fraction of sp³-hybridized carbons (Fsp3) is 0. The van der Waals surface area contributed by atoms with Crippen LogP contribution in [0.1, 0.15) is 10.4 Å². The molecule has 0 bridgehead atoms. The molecule has 1 aromatic carbocycles. The van der Waals surface area contributed by atoms with Crippen LogP contribution in [0.4, 0.5) is 0 Å². The first-order valence-electron chi connectivity index (χ1n) is 4.98. The van der Waals surface area contributed by atoms with Crippen molar-refractivity contribution in [2.24, 2.45) is 0 Å². The molecule has 3 heteroatoms. The lowest BCUT2D eigenvalue weighted by Gasteiger charge is -2.00. The molecular formula is C13H9NO2. The van der Waals surface area contributed by atoms with Gasteiger partial charge in [0.25, 0.3) is 0 Å². The van der Waals surface area contributed by atoms with Crippen LogP contribution in [0.2, 0.25) is 0 Å². The summed E-state index contributed by atoms with van der Waals surface area (Å²) in [5.74, 6) is -0.896.